The van der Waals surface area contributed by atoms with Gasteiger partial charge in [0.15, 0.2) is 0 Å². The van der Waals surface area contributed by atoms with Crippen LogP contribution in [0.3, 0.4) is 0 Å². The lowest BCUT2D eigenvalue weighted by atomic mass is 9.96. The lowest BCUT2D eigenvalue weighted by Gasteiger charge is -2.36. The van der Waals surface area contributed by atoms with E-state index in [9.17, 15) is 0 Å². The number of nitrogens with zero attached hydrogens (tertiary/aromatic N) is 1. The van der Waals surface area contributed by atoms with Gasteiger partial charge in [0.2, 0.25) is 0 Å². The molecule has 0 amide bonds. The standard InChI is InChI=1S/C12H19ClN2S/c1-9(11-5-12(13)16-8-11)15-4-2-3-10(6-14)7-15/h5,8-10H,2-4,6-7,14H2,1H3. The van der Waals surface area contributed by atoms with Crippen molar-refractivity contribution in [3.05, 3.63) is 21.3 Å². The van der Waals surface area contributed by atoms with Crippen molar-refractivity contribution in [1.82, 2.24) is 4.90 Å². The van der Waals surface area contributed by atoms with E-state index in [4.69, 9.17) is 17.3 Å². The van der Waals surface area contributed by atoms with E-state index < -0.39 is 0 Å². The molecule has 4 heteroatoms. The molecular weight excluding hydrogens is 240 g/mol. The lowest BCUT2D eigenvalue weighted by molar-refractivity contribution is 0.135. The van der Waals surface area contributed by atoms with Gasteiger partial charge in [0, 0.05) is 12.6 Å². The minimum absolute atomic E-state index is 0.470. The molecule has 1 fully saturated rings. The van der Waals surface area contributed by atoms with Crippen LogP contribution in [0.5, 0.6) is 0 Å². The molecule has 1 aromatic rings. The molecule has 1 aromatic heterocycles. The molecule has 2 heterocycles. The van der Waals surface area contributed by atoms with Crippen molar-refractivity contribution in [1.29, 1.82) is 0 Å². The van der Waals surface area contributed by atoms with Crippen molar-refractivity contribution in [2.75, 3.05) is 19.6 Å². The first-order valence-corrected chi connectivity index (χ1v) is 7.14. The summed E-state index contributed by atoms with van der Waals surface area (Å²) in [5, 5.41) is 2.17. The molecule has 2 N–H and O–H groups in total. The Labute approximate surface area is 106 Å². The van der Waals surface area contributed by atoms with Crippen LogP contribution in [0.25, 0.3) is 0 Å². The first kappa shape index (κ1) is 12.4. The molecule has 90 valence electrons. The van der Waals surface area contributed by atoms with Crippen LogP contribution < -0.4 is 5.73 Å². The Morgan fingerprint density at radius 2 is 2.50 bits per heavy atom. The molecule has 2 atom stereocenters. The number of nitrogens with two attached hydrogens (primary N) is 1. The number of hydrogen-bond acceptors (Lipinski definition) is 3. The molecule has 1 aliphatic rings. The van der Waals surface area contributed by atoms with Crippen molar-refractivity contribution >= 4 is 22.9 Å². The maximum Gasteiger partial charge on any atom is 0.0931 e. The Balaban J connectivity index is 2.01. The summed E-state index contributed by atoms with van der Waals surface area (Å²) in [4.78, 5) is 2.53. The average Bonchev–Trinajstić information content (AvgIpc) is 2.75. The zero-order valence-electron chi connectivity index (χ0n) is 9.66. The molecule has 0 saturated carbocycles. The second-order valence-electron chi connectivity index (χ2n) is 4.60. The molecular formula is C12H19ClN2S. The monoisotopic (exact) mass is 258 g/mol. The Morgan fingerprint density at radius 3 is 3.12 bits per heavy atom. The van der Waals surface area contributed by atoms with Crippen LogP contribution in [0.15, 0.2) is 11.4 Å². The van der Waals surface area contributed by atoms with Gasteiger partial charge in [0.05, 0.1) is 4.34 Å². The van der Waals surface area contributed by atoms with E-state index in [2.05, 4.69) is 23.3 Å². The lowest BCUT2D eigenvalue weighted by Crippen LogP contribution is -2.39. The number of piperidine rings is 1. The summed E-state index contributed by atoms with van der Waals surface area (Å²) >= 11 is 7.60. The van der Waals surface area contributed by atoms with Gasteiger partial charge >= 0.3 is 0 Å². The Kier molecular flexibility index (Phi) is 4.25. The Morgan fingerprint density at radius 1 is 1.69 bits per heavy atom. The van der Waals surface area contributed by atoms with E-state index >= 15 is 0 Å². The van der Waals surface area contributed by atoms with E-state index in [0.29, 0.717) is 12.0 Å². The smallest absolute Gasteiger partial charge is 0.0931 e. The van der Waals surface area contributed by atoms with Crippen LogP contribution >= 0.6 is 22.9 Å². The largest absolute Gasteiger partial charge is 0.330 e. The van der Waals surface area contributed by atoms with E-state index in [1.54, 1.807) is 11.3 Å². The fourth-order valence-electron chi connectivity index (χ4n) is 2.39. The highest BCUT2D eigenvalue weighted by Crippen LogP contribution is 2.30. The second kappa shape index (κ2) is 5.50. The number of hydrogen-bond donors (Lipinski definition) is 1. The summed E-state index contributed by atoms with van der Waals surface area (Å²) in [5.41, 5.74) is 7.10. The molecule has 1 aliphatic heterocycles. The number of halogens is 1. The number of thiophene rings is 1. The quantitative estimate of drug-likeness (QED) is 0.903. The molecule has 0 aromatic carbocycles. The first-order valence-electron chi connectivity index (χ1n) is 5.88. The molecule has 0 radical (unpaired) electrons. The summed E-state index contributed by atoms with van der Waals surface area (Å²) in [6.45, 7) is 5.39. The summed E-state index contributed by atoms with van der Waals surface area (Å²) in [5.74, 6) is 0.672. The highest BCUT2D eigenvalue weighted by atomic mass is 35.5. The van der Waals surface area contributed by atoms with Gasteiger partial charge in [-0.2, -0.15) is 0 Å². The maximum atomic E-state index is 5.98. The predicted octanol–water partition coefficient (Wildman–Crippen LogP) is 3.13. The summed E-state index contributed by atoms with van der Waals surface area (Å²) in [6.07, 6.45) is 2.55. The summed E-state index contributed by atoms with van der Waals surface area (Å²) in [7, 11) is 0. The summed E-state index contributed by atoms with van der Waals surface area (Å²) in [6, 6.07) is 2.56. The molecule has 1 saturated heterocycles. The third kappa shape index (κ3) is 2.77. The number of rotatable bonds is 3. The van der Waals surface area contributed by atoms with Crippen molar-refractivity contribution in [2.45, 2.75) is 25.8 Å². The van der Waals surface area contributed by atoms with Crippen molar-refractivity contribution in [2.24, 2.45) is 11.7 Å². The van der Waals surface area contributed by atoms with Crippen LogP contribution in [0.1, 0.15) is 31.4 Å². The van der Waals surface area contributed by atoms with Gasteiger partial charge in [-0.3, -0.25) is 4.90 Å². The van der Waals surface area contributed by atoms with Gasteiger partial charge in [-0.15, -0.1) is 11.3 Å². The van der Waals surface area contributed by atoms with Gasteiger partial charge in [0.1, 0.15) is 0 Å². The highest BCUT2D eigenvalue weighted by Gasteiger charge is 2.23. The van der Waals surface area contributed by atoms with E-state index in [1.165, 1.54) is 24.9 Å². The van der Waals surface area contributed by atoms with Gasteiger partial charge in [-0.25, -0.2) is 0 Å². The molecule has 0 bridgehead atoms. The molecule has 16 heavy (non-hydrogen) atoms. The Hall–Kier alpha value is -0.0900. The number of likely N-dealkylation sites (tertiary alicyclic amines) is 1. The topological polar surface area (TPSA) is 29.3 Å². The average molecular weight is 259 g/mol. The van der Waals surface area contributed by atoms with Crippen molar-refractivity contribution in [3.8, 4) is 0 Å². The maximum absolute atomic E-state index is 5.98. The van der Waals surface area contributed by atoms with Gasteiger partial charge in [0.25, 0.3) is 0 Å². The highest BCUT2D eigenvalue weighted by molar-refractivity contribution is 7.14. The van der Waals surface area contributed by atoms with Crippen LogP contribution in [0.2, 0.25) is 4.34 Å². The molecule has 0 aliphatic carbocycles. The minimum atomic E-state index is 0.470. The SMILES string of the molecule is CC(c1csc(Cl)c1)N1CCCC(CN)C1. The van der Waals surface area contributed by atoms with Crippen molar-refractivity contribution in [3.63, 3.8) is 0 Å². The van der Waals surface area contributed by atoms with Crippen LogP contribution in [0.4, 0.5) is 0 Å². The van der Waals surface area contributed by atoms with Gasteiger partial charge in [-0.05, 0) is 55.8 Å². The third-order valence-corrected chi connectivity index (χ3v) is 4.61. The van der Waals surface area contributed by atoms with Gasteiger partial charge < -0.3 is 5.73 Å². The van der Waals surface area contributed by atoms with Gasteiger partial charge in [-0.1, -0.05) is 11.6 Å². The first-order chi connectivity index (χ1) is 7.70. The van der Waals surface area contributed by atoms with E-state index in [1.807, 2.05) is 0 Å². The second-order valence-corrected chi connectivity index (χ2v) is 6.14. The van der Waals surface area contributed by atoms with Crippen LogP contribution in [0, 0.1) is 5.92 Å². The van der Waals surface area contributed by atoms with E-state index in [0.717, 1.165) is 17.4 Å². The molecule has 0 spiro atoms. The zero-order valence-corrected chi connectivity index (χ0v) is 11.2. The minimum Gasteiger partial charge on any atom is -0.330 e. The zero-order chi connectivity index (χ0) is 11.5. The predicted molar refractivity (Wildman–Crippen MR) is 71.1 cm³/mol. The fraction of sp³-hybridized carbons (Fsp3) is 0.667. The molecule has 2 unspecified atom stereocenters. The van der Waals surface area contributed by atoms with Crippen LogP contribution in [-0.2, 0) is 0 Å². The molecule has 2 nitrogen and oxygen atoms in total. The van der Waals surface area contributed by atoms with Crippen LogP contribution in [-0.4, -0.2) is 24.5 Å². The Bertz CT molecular complexity index is 340. The fourth-order valence-corrected chi connectivity index (χ4v) is 3.37. The summed E-state index contributed by atoms with van der Waals surface area (Å²) < 4.78 is 0.884. The van der Waals surface area contributed by atoms with Crippen molar-refractivity contribution < 1.29 is 0 Å². The third-order valence-electron chi connectivity index (χ3n) is 3.50. The van der Waals surface area contributed by atoms with E-state index in [-0.39, 0.29) is 0 Å². The normalized spacial score (nSPS) is 24.6. The molecule has 2 rings (SSSR count).